The first kappa shape index (κ1) is 24.1. The number of carbonyl (C=O) groups excluding carboxylic acids is 2. The highest BCUT2D eigenvalue weighted by Gasteiger charge is 2.47. The van der Waals surface area contributed by atoms with E-state index in [1.54, 1.807) is 43.5 Å². The van der Waals surface area contributed by atoms with E-state index in [9.17, 15) is 14.7 Å². The van der Waals surface area contributed by atoms with Gasteiger partial charge >= 0.3 is 0 Å². The number of carbonyl (C=O) groups is 2. The van der Waals surface area contributed by atoms with Gasteiger partial charge < -0.3 is 29.1 Å². The Morgan fingerprint density at radius 3 is 2.24 bits per heavy atom. The van der Waals surface area contributed by atoms with Crippen LogP contribution in [0.2, 0.25) is 0 Å². The number of Topliss-reactive ketones (excluding diaryl/α,β-unsaturated/α-hetero) is 1. The van der Waals surface area contributed by atoms with Crippen molar-refractivity contribution in [2.75, 3.05) is 48.5 Å². The molecule has 1 heterocycles. The maximum Gasteiger partial charge on any atom is 0.295 e. The number of rotatable bonds is 8. The Morgan fingerprint density at radius 2 is 1.67 bits per heavy atom. The summed E-state index contributed by atoms with van der Waals surface area (Å²) in [6.07, 6.45) is 0. The summed E-state index contributed by atoms with van der Waals surface area (Å²) in [6, 6.07) is 9.45. The van der Waals surface area contributed by atoms with Crippen LogP contribution < -0.4 is 14.2 Å². The lowest BCUT2D eigenvalue weighted by Crippen LogP contribution is -2.35. The zero-order valence-electron chi connectivity index (χ0n) is 19.8. The van der Waals surface area contributed by atoms with E-state index >= 15 is 0 Å². The SMILES string of the molecule is COc1ccc(OC)c(C2/C(=C(\O)c3ccc(OC)c(C)c3)C(=O)C(=O)N2CCN(C)C)c1. The van der Waals surface area contributed by atoms with Gasteiger partial charge in [0, 0.05) is 24.2 Å². The van der Waals surface area contributed by atoms with Crippen molar-refractivity contribution in [2.45, 2.75) is 13.0 Å². The first-order valence-electron chi connectivity index (χ1n) is 10.5. The third-order valence-electron chi connectivity index (χ3n) is 5.73. The molecule has 1 amide bonds. The molecule has 1 atom stereocenters. The second-order valence-corrected chi connectivity index (χ2v) is 8.09. The van der Waals surface area contributed by atoms with Crippen molar-refractivity contribution in [2.24, 2.45) is 0 Å². The highest BCUT2D eigenvalue weighted by molar-refractivity contribution is 6.46. The molecule has 1 fully saturated rings. The molecule has 8 heteroatoms. The Bertz CT molecular complexity index is 1090. The number of likely N-dealkylation sites (N-methyl/N-ethyl adjacent to an activating group) is 1. The van der Waals surface area contributed by atoms with Crippen molar-refractivity contribution in [3.05, 3.63) is 58.7 Å². The van der Waals surface area contributed by atoms with Crippen LogP contribution in [0.25, 0.3) is 5.76 Å². The van der Waals surface area contributed by atoms with Gasteiger partial charge in [0.2, 0.25) is 0 Å². The molecule has 2 aromatic carbocycles. The van der Waals surface area contributed by atoms with Crippen molar-refractivity contribution >= 4 is 17.4 Å². The lowest BCUT2D eigenvalue weighted by molar-refractivity contribution is -0.140. The molecule has 1 aliphatic heterocycles. The van der Waals surface area contributed by atoms with Crippen LogP contribution in [0, 0.1) is 6.92 Å². The van der Waals surface area contributed by atoms with Crippen LogP contribution in [-0.4, -0.2) is 75.1 Å². The van der Waals surface area contributed by atoms with Gasteiger partial charge in [-0.3, -0.25) is 9.59 Å². The molecule has 1 aliphatic rings. The van der Waals surface area contributed by atoms with Crippen LogP contribution in [-0.2, 0) is 9.59 Å². The Hall–Kier alpha value is -3.52. The summed E-state index contributed by atoms with van der Waals surface area (Å²) in [5, 5.41) is 11.3. The second kappa shape index (κ2) is 9.95. The van der Waals surface area contributed by atoms with E-state index in [-0.39, 0.29) is 11.3 Å². The number of aryl methyl sites for hydroxylation is 1. The normalized spacial score (nSPS) is 17.5. The van der Waals surface area contributed by atoms with Gasteiger partial charge in [0.15, 0.2) is 0 Å². The molecule has 1 saturated heterocycles. The number of amides is 1. The fourth-order valence-corrected chi connectivity index (χ4v) is 3.98. The number of ketones is 1. The summed E-state index contributed by atoms with van der Waals surface area (Å²) in [5.41, 5.74) is 1.78. The molecule has 8 nitrogen and oxygen atoms in total. The predicted molar refractivity (Wildman–Crippen MR) is 125 cm³/mol. The Balaban J connectivity index is 2.24. The van der Waals surface area contributed by atoms with Crippen molar-refractivity contribution < 1.29 is 28.9 Å². The van der Waals surface area contributed by atoms with Crippen molar-refractivity contribution in [1.29, 1.82) is 0 Å². The van der Waals surface area contributed by atoms with Crippen molar-refractivity contribution in [1.82, 2.24) is 9.80 Å². The van der Waals surface area contributed by atoms with Crippen molar-refractivity contribution in [3.63, 3.8) is 0 Å². The molecule has 1 unspecified atom stereocenters. The number of nitrogens with zero attached hydrogens (tertiary/aromatic N) is 2. The number of benzene rings is 2. The molecule has 0 radical (unpaired) electrons. The van der Waals surface area contributed by atoms with Crippen LogP contribution in [0.3, 0.4) is 0 Å². The van der Waals surface area contributed by atoms with Crippen LogP contribution in [0.5, 0.6) is 17.2 Å². The number of hydrogen-bond acceptors (Lipinski definition) is 7. The summed E-state index contributed by atoms with van der Waals surface area (Å²) < 4.78 is 16.2. The summed E-state index contributed by atoms with van der Waals surface area (Å²) in [5.74, 6) is 0.0251. The van der Waals surface area contributed by atoms with Crippen molar-refractivity contribution in [3.8, 4) is 17.2 Å². The average Bonchev–Trinajstić information content (AvgIpc) is 3.06. The maximum absolute atomic E-state index is 13.2. The monoisotopic (exact) mass is 454 g/mol. The van der Waals surface area contributed by atoms with Gasteiger partial charge in [-0.1, -0.05) is 0 Å². The third kappa shape index (κ3) is 4.66. The van der Waals surface area contributed by atoms with E-state index in [0.717, 1.165) is 5.56 Å². The van der Waals surface area contributed by atoms with Gasteiger partial charge in [0.25, 0.3) is 11.7 Å². The summed E-state index contributed by atoms with van der Waals surface area (Å²) in [4.78, 5) is 29.7. The third-order valence-corrected chi connectivity index (χ3v) is 5.73. The van der Waals surface area contributed by atoms with Gasteiger partial charge in [-0.25, -0.2) is 0 Å². The molecule has 0 saturated carbocycles. The van der Waals surface area contributed by atoms with E-state index < -0.39 is 17.7 Å². The average molecular weight is 455 g/mol. The van der Waals surface area contributed by atoms with E-state index in [1.165, 1.54) is 19.1 Å². The quantitative estimate of drug-likeness (QED) is 0.373. The zero-order chi connectivity index (χ0) is 24.3. The smallest absolute Gasteiger partial charge is 0.295 e. The molecule has 0 bridgehead atoms. The lowest BCUT2D eigenvalue weighted by Gasteiger charge is -2.28. The standard InChI is InChI=1S/C25H30N2O6/c1-15-13-16(7-9-19(15)32-5)23(28)21-22(18-14-17(31-4)8-10-20(18)33-6)27(12-11-26(2)3)25(30)24(21)29/h7-10,13-14,22,28H,11-12H2,1-6H3/b23-21+. The van der Waals surface area contributed by atoms with Gasteiger partial charge in [-0.05, 0) is 63.0 Å². The molecule has 3 rings (SSSR count). The Labute approximate surface area is 194 Å². The van der Waals surface area contributed by atoms with Crippen LogP contribution in [0.15, 0.2) is 42.0 Å². The Kier molecular flexibility index (Phi) is 7.28. The molecule has 33 heavy (non-hydrogen) atoms. The molecule has 1 N–H and O–H groups in total. The first-order chi connectivity index (χ1) is 15.7. The predicted octanol–water partition coefficient (Wildman–Crippen LogP) is 3.00. The highest BCUT2D eigenvalue weighted by Crippen LogP contribution is 2.44. The molecule has 0 aromatic heterocycles. The van der Waals surface area contributed by atoms with Crippen LogP contribution in [0.4, 0.5) is 0 Å². The number of aliphatic hydroxyl groups excluding tert-OH is 1. The van der Waals surface area contributed by atoms with Crippen LogP contribution in [0.1, 0.15) is 22.7 Å². The van der Waals surface area contributed by atoms with E-state index in [1.807, 2.05) is 25.9 Å². The minimum absolute atomic E-state index is 0.00914. The Morgan fingerprint density at radius 1 is 1.00 bits per heavy atom. The van der Waals surface area contributed by atoms with E-state index in [4.69, 9.17) is 14.2 Å². The van der Waals surface area contributed by atoms with Gasteiger partial charge in [0.05, 0.1) is 32.9 Å². The fraction of sp³-hybridized carbons (Fsp3) is 0.360. The van der Waals surface area contributed by atoms with Gasteiger partial charge in [0.1, 0.15) is 23.0 Å². The first-order valence-corrected chi connectivity index (χ1v) is 10.5. The lowest BCUT2D eigenvalue weighted by atomic mass is 9.94. The summed E-state index contributed by atoms with van der Waals surface area (Å²) >= 11 is 0. The zero-order valence-corrected chi connectivity index (χ0v) is 19.8. The number of aliphatic hydroxyl groups is 1. The number of hydrogen-bond donors (Lipinski definition) is 1. The molecule has 176 valence electrons. The number of ether oxygens (including phenoxy) is 3. The summed E-state index contributed by atoms with van der Waals surface area (Å²) in [7, 11) is 8.39. The van der Waals surface area contributed by atoms with E-state index in [2.05, 4.69) is 0 Å². The van der Waals surface area contributed by atoms with E-state index in [0.29, 0.717) is 41.5 Å². The minimum atomic E-state index is -0.836. The fourth-order valence-electron chi connectivity index (χ4n) is 3.98. The largest absolute Gasteiger partial charge is 0.507 e. The van der Waals surface area contributed by atoms with Gasteiger partial charge in [-0.15, -0.1) is 0 Å². The number of likely N-dealkylation sites (tertiary alicyclic amines) is 1. The second-order valence-electron chi connectivity index (χ2n) is 8.09. The molecule has 2 aromatic rings. The molecular formula is C25H30N2O6. The molecular weight excluding hydrogens is 424 g/mol. The topological polar surface area (TPSA) is 88.5 Å². The summed E-state index contributed by atoms with van der Waals surface area (Å²) in [6.45, 7) is 2.67. The van der Waals surface area contributed by atoms with Crippen LogP contribution >= 0.6 is 0 Å². The number of methoxy groups -OCH3 is 3. The maximum atomic E-state index is 13.2. The van der Waals surface area contributed by atoms with Gasteiger partial charge in [-0.2, -0.15) is 0 Å². The molecule has 0 aliphatic carbocycles. The molecule has 0 spiro atoms. The highest BCUT2D eigenvalue weighted by atomic mass is 16.5. The minimum Gasteiger partial charge on any atom is -0.507 e.